The van der Waals surface area contributed by atoms with Gasteiger partial charge in [0.15, 0.2) is 0 Å². The van der Waals surface area contributed by atoms with Gasteiger partial charge in [0.2, 0.25) is 5.91 Å². The summed E-state index contributed by atoms with van der Waals surface area (Å²) in [6, 6.07) is 3.86. The SMILES string of the molecule is CCC(CC)N(CCO)C(=O)C=Cc1ccc(Cl)s1. The predicted octanol–water partition coefficient (Wildman–Crippen LogP) is 3.42. The molecular formula is C14H20ClNO2S. The Morgan fingerprint density at radius 2 is 2.16 bits per heavy atom. The van der Waals surface area contributed by atoms with Gasteiger partial charge in [-0.1, -0.05) is 25.4 Å². The summed E-state index contributed by atoms with van der Waals surface area (Å²) >= 11 is 7.27. The Balaban J connectivity index is 2.73. The molecule has 106 valence electrons. The number of hydrogen-bond acceptors (Lipinski definition) is 3. The van der Waals surface area contributed by atoms with Gasteiger partial charge in [-0.25, -0.2) is 0 Å². The van der Waals surface area contributed by atoms with Crippen LogP contribution < -0.4 is 0 Å². The normalized spacial score (nSPS) is 11.4. The van der Waals surface area contributed by atoms with Gasteiger partial charge in [0.05, 0.1) is 10.9 Å². The minimum Gasteiger partial charge on any atom is -0.395 e. The minimum atomic E-state index is -0.0627. The van der Waals surface area contributed by atoms with Crippen molar-refractivity contribution in [2.45, 2.75) is 32.7 Å². The Hall–Kier alpha value is -0.840. The summed E-state index contributed by atoms with van der Waals surface area (Å²) in [4.78, 5) is 14.9. The van der Waals surface area contributed by atoms with Crippen molar-refractivity contribution in [1.29, 1.82) is 0 Å². The Morgan fingerprint density at radius 1 is 1.47 bits per heavy atom. The number of nitrogens with zero attached hydrogens (tertiary/aromatic N) is 1. The molecule has 1 aromatic rings. The van der Waals surface area contributed by atoms with Gasteiger partial charge in [-0.05, 0) is 31.1 Å². The van der Waals surface area contributed by atoms with Crippen molar-refractivity contribution in [3.05, 3.63) is 27.4 Å². The Morgan fingerprint density at radius 3 is 2.63 bits per heavy atom. The van der Waals surface area contributed by atoms with Crippen LogP contribution in [0.3, 0.4) is 0 Å². The average Bonchev–Trinajstić information content (AvgIpc) is 2.82. The van der Waals surface area contributed by atoms with Gasteiger partial charge >= 0.3 is 0 Å². The molecule has 0 aliphatic carbocycles. The standard InChI is InChI=1S/C14H20ClNO2S/c1-3-11(4-2)16(9-10-17)14(18)8-6-12-5-7-13(15)19-12/h5-8,11,17H,3-4,9-10H2,1-2H3. The number of aliphatic hydroxyl groups is 1. The molecule has 1 N–H and O–H groups in total. The van der Waals surface area contributed by atoms with Gasteiger partial charge < -0.3 is 10.0 Å². The monoisotopic (exact) mass is 301 g/mol. The van der Waals surface area contributed by atoms with Crippen molar-refractivity contribution in [3.8, 4) is 0 Å². The summed E-state index contributed by atoms with van der Waals surface area (Å²) in [7, 11) is 0. The number of carbonyl (C=O) groups is 1. The van der Waals surface area contributed by atoms with Crippen LogP contribution in [0.4, 0.5) is 0 Å². The maximum Gasteiger partial charge on any atom is 0.246 e. The molecule has 0 unspecified atom stereocenters. The first-order valence-corrected chi connectivity index (χ1v) is 7.66. The summed E-state index contributed by atoms with van der Waals surface area (Å²) in [6.45, 7) is 4.46. The predicted molar refractivity (Wildman–Crippen MR) is 81.5 cm³/mol. The third kappa shape index (κ3) is 4.97. The molecule has 0 saturated heterocycles. The van der Waals surface area contributed by atoms with Crippen LogP contribution in [0.1, 0.15) is 31.6 Å². The summed E-state index contributed by atoms with van der Waals surface area (Å²) in [6.07, 6.45) is 5.10. The number of thiophene rings is 1. The number of rotatable bonds is 7. The molecular weight excluding hydrogens is 282 g/mol. The van der Waals surface area contributed by atoms with Crippen molar-refractivity contribution in [2.75, 3.05) is 13.2 Å². The van der Waals surface area contributed by atoms with E-state index in [1.165, 1.54) is 11.3 Å². The largest absolute Gasteiger partial charge is 0.395 e. The highest BCUT2D eigenvalue weighted by Crippen LogP contribution is 2.22. The van der Waals surface area contributed by atoms with E-state index in [-0.39, 0.29) is 18.6 Å². The van der Waals surface area contributed by atoms with E-state index in [0.29, 0.717) is 10.9 Å². The molecule has 0 saturated carbocycles. The first-order valence-electron chi connectivity index (χ1n) is 6.47. The summed E-state index contributed by atoms with van der Waals surface area (Å²) in [5, 5.41) is 9.08. The Labute approximate surface area is 123 Å². The van der Waals surface area contributed by atoms with Crippen molar-refractivity contribution in [2.24, 2.45) is 0 Å². The van der Waals surface area contributed by atoms with Crippen LogP contribution in [0.5, 0.6) is 0 Å². The van der Waals surface area contributed by atoms with Gasteiger partial charge in [-0.3, -0.25) is 4.79 Å². The molecule has 1 rings (SSSR count). The van der Waals surface area contributed by atoms with E-state index in [4.69, 9.17) is 16.7 Å². The van der Waals surface area contributed by atoms with Gasteiger partial charge in [0, 0.05) is 23.5 Å². The number of halogens is 1. The van der Waals surface area contributed by atoms with Crippen LogP contribution in [0, 0.1) is 0 Å². The molecule has 1 heterocycles. The van der Waals surface area contributed by atoms with Gasteiger partial charge in [-0.15, -0.1) is 11.3 Å². The van der Waals surface area contributed by atoms with E-state index >= 15 is 0 Å². The number of amides is 1. The van der Waals surface area contributed by atoms with Crippen molar-refractivity contribution < 1.29 is 9.90 Å². The van der Waals surface area contributed by atoms with Crippen LogP contribution in [0.25, 0.3) is 6.08 Å². The van der Waals surface area contributed by atoms with Crippen LogP contribution in [-0.2, 0) is 4.79 Å². The number of hydrogen-bond donors (Lipinski definition) is 1. The Bertz CT molecular complexity index is 427. The number of aliphatic hydroxyl groups excluding tert-OH is 1. The second kappa shape index (κ2) is 8.35. The highest BCUT2D eigenvalue weighted by Gasteiger charge is 2.18. The fourth-order valence-corrected chi connectivity index (χ4v) is 2.94. The zero-order chi connectivity index (χ0) is 14.3. The van der Waals surface area contributed by atoms with Crippen molar-refractivity contribution in [3.63, 3.8) is 0 Å². The lowest BCUT2D eigenvalue weighted by Gasteiger charge is -2.28. The summed E-state index contributed by atoms with van der Waals surface area (Å²) < 4.78 is 0.708. The first-order chi connectivity index (χ1) is 9.12. The fraction of sp³-hybridized carbons (Fsp3) is 0.500. The smallest absolute Gasteiger partial charge is 0.246 e. The summed E-state index contributed by atoms with van der Waals surface area (Å²) in [5.74, 6) is -0.0627. The van der Waals surface area contributed by atoms with Crippen molar-refractivity contribution in [1.82, 2.24) is 4.90 Å². The van der Waals surface area contributed by atoms with Crippen molar-refractivity contribution >= 4 is 34.9 Å². The van der Waals surface area contributed by atoms with Crippen LogP contribution in [-0.4, -0.2) is 35.1 Å². The molecule has 5 heteroatoms. The van der Waals surface area contributed by atoms with E-state index < -0.39 is 0 Å². The molecule has 0 aromatic carbocycles. The van der Waals surface area contributed by atoms with E-state index in [0.717, 1.165) is 17.7 Å². The molecule has 19 heavy (non-hydrogen) atoms. The zero-order valence-electron chi connectivity index (χ0n) is 11.3. The Kier molecular flexibility index (Phi) is 7.13. The molecule has 0 aliphatic rings. The second-order valence-electron chi connectivity index (χ2n) is 4.20. The molecule has 0 spiro atoms. The molecule has 0 atom stereocenters. The third-order valence-electron chi connectivity index (χ3n) is 2.99. The van der Waals surface area contributed by atoms with E-state index in [1.807, 2.05) is 12.1 Å². The maximum atomic E-state index is 12.2. The van der Waals surface area contributed by atoms with Crippen LogP contribution in [0.15, 0.2) is 18.2 Å². The second-order valence-corrected chi connectivity index (χ2v) is 5.95. The van der Waals surface area contributed by atoms with Crippen LogP contribution >= 0.6 is 22.9 Å². The average molecular weight is 302 g/mol. The summed E-state index contributed by atoms with van der Waals surface area (Å²) in [5.41, 5.74) is 0. The lowest BCUT2D eigenvalue weighted by Crippen LogP contribution is -2.40. The fourth-order valence-electron chi connectivity index (χ4n) is 1.98. The molecule has 3 nitrogen and oxygen atoms in total. The molecule has 1 aromatic heterocycles. The van der Waals surface area contributed by atoms with E-state index in [2.05, 4.69) is 13.8 Å². The van der Waals surface area contributed by atoms with E-state index in [1.54, 1.807) is 17.1 Å². The molecule has 0 aliphatic heterocycles. The maximum absolute atomic E-state index is 12.2. The van der Waals surface area contributed by atoms with Gasteiger partial charge in [-0.2, -0.15) is 0 Å². The van der Waals surface area contributed by atoms with Gasteiger partial charge in [0.25, 0.3) is 0 Å². The van der Waals surface area contributed by atoms with Gasteiger partial charge in [0.1, 0.15) is 0 Å². The van der Waals surface area contributed by atoms with Crippen LogP contribution in [0.2, 0.25) is 4.34 Å². The number of carbonyl (C=O) groups excluding carboxylic acids is 1. The lowest BCUT2D eigenvalue weighted by atomic mass is 10.1. The highest BCUT2D eigenvalue weighted by atomic mass is 35.5. The van der Waals surface area contributed by atoms with E-state index in [9.17, 15) is 4.79 Å². The third-order valence-corrected chi connectivity index (χ3v) is 4.19. The lowest BCUT2D eigenvalue weighted by molar-refractivity contribution is -0.128. The first kappa shape index (κ1) is 16.2. The molecule has 0 radical (unpaired) electrons. The molecule has 0 fully saturated rings. The minimum absolute atomic E-state index is 0.0130. The topological polar surface area (TPSA) is 40.5 Å². The quantitative estimate of drug-likeness (QED) is 0.784. The molecule has 1 amide bonds. The zero-order valence-corrected chi connectivity index (χ0v) is 12.9. The molecule has 0 bridgehead atoms. The highest BCUT2D eigenvalue weighted by molar-refractivity contribution is 7.17.